The first kappa shape index (κ1) is 10.5. The molecule has 2 rings (SSSR count). The Kier molecular flexibility index (Phi) is 2.70. The molecular formula is C13H19NO. The number of hydrogen-bond donors (Lipinski definition) is 2. The Morgan fingerprint density at radius 3 is 2.73 bits per heavy atom. The van der Waals surface area contributed by atoms with Crippen molar-refractivity contribution in [1.82, 2.24) is 5.32 Å². The minimum Gasteiger partial charge on any atom is -0.508 e. The largest absolute Gasteiger partial charge is 0.508 e. The molecule has 1 aromatic carbocycles. The predicted octanol–water partition coefficient (Wildman–Crippen LogP) is 2.99. The van der Waals surface area contributed by atoms with Gasteiger partial charge < -0.3 is 10.4 Å². The average molecular weight is 205 g/mol. The van der Waals surface area contributed by atoms with Crippen molar-refractivity contribution in [3.05, 3.63) is 29.8 Å². The molecule has 0 spiro atoms. The van der Waals surface area contributed by atoms with Gasteiger partial charge in [0, 0.05) is 17.1 Å². The third kappa shape index (κ3) is 2.32. The van der Waals surface area contributed by atoms with Gasteiger partial charge in [0.25, 0.3) is 0 Å². The van der Waals surface area contributed by atoms with E-state index in [1.807, 2.05) is 18.2 Å². The molecule has 1 heterocycles. The fourth-order valence-corrected chi connectivity index (χ4v) is 2.38. The summed E-state index contributed by atoms with van der Waals surface area (Å²) in [7, 11) is 0. The average Bonchev–Trinajstić information content (AvgIpc) is 2.17. The van der Waals surface area contributed by atoms with Crippen molar-refractivity contribution in [3.8, 4) is 5.75 Å². The van der Waals surface area contributed by atoms with Gasteiger partial charge in [0.2, 0.25) is 0 Å². The van der Waals surface area contributed by atoms with Gasteiger partial charge in [-0.15, -0.1) is 0 Å². The Morgan fingerprint density at radius 1 is 1.33 bits per heavy atom. The van der Waals surface area contributed by atoms with Gasteiger partial charge in [-0.1, -0.05) is 18.2 Å². The first-order chi connectivity index (χ1) is 7.08. The number of hydrogen-bond acceptors (Lipinski definition) is 2. The molecule has 0 amide bonds. The van der Waals surface area contributed by atoms with E-state index in [1.165, 1.54) is 12.8 Å². The summed E-state index contributed by atoms with van der Waals surface area (Å²) in [5, 5.41) is 13.4. The Labute approximate surface area is 91.3 Å². The van der Waals surface area contributed by atoms with Crippen molar-refractivity contribution in [3.63, 3.8) is 0 Å². The first-order valence-electron chi connectivity index (χ1n) is 5.64. The number of rotatable bonds is 1. The first-order valence-corrected chi connectivity index (χ1v) is 5.64. The van der Waals surface area contributed by atoms with Crippen molar-refractivity contribution in [2.24, 2.45) is 0 Å². The van der Waals surface area contributed by atoms with E-state index in [1.54, 1.807) is 6.07 Å². The number of nitrogens with one attached hydrogen (secondary N) is 1. The van der Waals surface area contributed by atoms with Crippen LogP contribution in [0.1, 0.15) is 44.7 Å². The van der Waals surface area contributed by atoms with Crippen LogP contribution in [0.2, 0.25) is 0 Å². The van der Waals surface area contributed by atoms with Crippen LogP contribution in [0.4, 0.5) is 0 Å². The van der Waals surface area contributed by atoms with Gasteiger partial charge in [0.05, 0.1) is 0 Å². The summed E-state index contributed by atoms with van der Waals surface area (Å²) in [5.41, 5.74) is 1.22. The molecule has 1 atom stereocenters. The number of phenols is 1. The number of para-hydroxylation sites is 1. The zero-order chi connectivity index (χ0) is 10.9. The standard InChI is InChI=1S/C13H19NO/c1-13(2)9-5-7-11(14-13)10-6-3-4-8-12(10)15/h3-4,6,8,11,14-15H,5,7,9H2,1-2H3. The third-order valence-electron chi connectivity index (χ3n) is 3.17. The zero-order valence-corrected chi connectivity index (χ0v) is 9.46. The lowest BCUT2D eigenvalue weighted by molar-refractivity contribution is 0.242. The second-order valence-corrected chi connectivity index (χ2v) is 5.03. The Bertz CT molecular complexity index is 346. The van der Waals surface area contributed by atoms with Crippen molar-refractivity contribution in [2.75, 3.05) is 0 Å². The molecule has 2 heteroatoms. The normalized spacial score (nSPS) is 25.1. The van der Waals surface area contributed by atoms with Crippen LogP contribution >= 0.6 is 0 Å². The van der Waals surface area contributed by atoms with Gasteiger partial charge in [-0.05, 0) is 39.2 Å². The van der Waals surface area contributed by atoms with Crippen LogP contribution in [0.3, 0.4) is 0 Å². The highest BCUT2D eigenvalue weighted by molar-refractivity contribution is 5.35. The maximum absolute atomic E-state index is 9.79. The Hall–Kier alpha value is -1.02. The van der Waals surface area contributed by atoms with Crippen LogP contribution in [-0.2, 0) is 0 Å². The van der Waals surface area contributed by atoms with Crippen LogP contribution in [0.25, 0.3) is 0 Å². The summed E-state index contributed by atoms with van der Waals surface area (Å²) in [5.74, 6) is 0.410. The van der Waals surface area contributed by atoms with E-state index < -0.39 is 0 Å². The molecule has 1 unspecified atom stereocenters. The van der Waals surface area contributed by atoms with Crippen LogP contribution in [0, 0.1) is 0 Å². The third-order valence-corrected chi connectivity index (χ3v) is 3.17. The van der Waals surface area contributed by atoms with Gasteiger partial charge in [0.15, 0.2) is 0 Å². The highest BCUT2D eigenvalue weighted by atomic mass is 16.3. The van der Waals surface area contributed by atoms with Crippen molar-refractivity contribution < 1.29 is 5.11 Å². The molecule has 0 aromatic heterocycles. The highest BCUT2D eigenvalue weighted by Gasteiger charge is 2.28. The Balaban J connectivity index is 2.21. The van der Waals surface area contributed by atoms with Crippen molar-refractivity contribution in [2.45, 2.75) is 44.7 Å². The molecule has 2 nitrogen and oxygen atoms in total. The number of aromatic hydroxyl groups is 1. The number of benzene rings is 1. The second-order valence-electron chi connectivity index (χ2n) is 5.03. The molecule has 0 aliphatic carbocycles. The van der Waals surface area contributed by atoms with Gasteiger partial charge in [-0.3, -0.25) is 0 Å². The molecule has 1 fully saturated rings. The van der Waals surface area contributed by atoms with Gasteiger partial charge >= 0.3 is 0 Å². The molecule has 82 valence electrons. The van der Waals surface area contributed by atoms with E-state index >= 15 is 0 Å². The monoisotopic (exact) mass is 205 g/mol. The van der Waals surface area contributed by atoms with Crippen molar-refractivity contribution >= 4 is 0 Å². The summed E-state index contributed by atoms with van der Waals surface area (Å²) in [4.78, 5) is 0. The number of piperidine rings is 1. The Morgan fingerprint density at radius 2 is 2.07 bits per heavy atom. The second kappa shape index (κ2) is 3.86. The van der Waals surface area contributed by atoms with E-state index in [2.05, 4.69) is 19.2 Å². The summed E-state index contributed by atoms with van der Waals surface area (Å²) >= 11 is 0. The van der Waals surface area contributed by atoms with Crippen LogP contribution < -0.4 is 5.32 Å². The predicted molar refractivity (Wildman–Crippen MR) is 61.9 cm³/mol. The minimum atomic E-state index is 0.186. The fourth-order valence-electron chi connectivity index (χ4n) is 2.38. The maximum atomic E-state index is 9.79. The minimum absolute atomic E-state index is 0.186. The molecule has 1 saturated heterocycles. The topological polar surface area (TPSA) is 32.3 Å². The van der Waals surface area contributed by atoms with Gasteiger partial charge in [-0.25, -0.2) is 0 Å². The SMILES string of the molecule is CC1(C)CCCC(c2ccccc2O)N1. The molecule has 0 saturated carbocycles. The van der Waals surface area contributed by atoms with E-state index in [4.69, 9.17) is 0 Å². The summed E-state index contributed by atoms with van der Waals surface area (Å²) in [6.07, 6.45) is 3.54. The van der Waals surface area contributed by atoms with Gasteiger partial charge in [0.1, 0.15) is 5.75 Å². The lowest BCUT2D eigenvalue weighted by Crippen LogP contribution is -2.44. The maximum Gasteiger partial charge on any atom is 0.120 e. The lowest BCUT2D eigenvalue weighted by atomic mass is 9.86. The summed E-state index contributed by atoms with van der Waals surface area (Å²) < 4.78 is 0. The molecule has 15 heavy (non-hydrogen) atoms. The van der Waals surface area contributed by atoms with E-state index in [9.17, 15) is 5.11 Å². The van der Waals surface area contributed by atoms with Gasteiger partial charge in [-0.2, -0.15) is 0 Å². The lowest BCUT2D eigenvalue weighted by Gasteiger charge is -2.37. The smallest absolute Gasteiger partial charge is 0.120 e. The molecule has 1 aliphatic heterocycles. The van der Waals surface area contributed by atoms with Crippen LogP contribution in [-0.4, -0.2) is 10.6 Å². The van der Waals surface area contributed by atoms with Crippen LogP contribution in [0.15, 0.2) is 24.3 Å². The molecule has 0 radical (unpaired) electrons. The molecule has 1 aromatic rings. The quantitative estimate of drug-likeness (QED) is 0.738. The molecule has 2 N–H and O–H groups in total. The van der Waals surface area contributed by atoms with Crippen LogP contribution in [0.5, 0.6) is 5.75 Å². The summed E-state index contributed by atoms with van der Waals surface area (Å²) in [6, 6.07) is 7.92. The molecule has 1 aliphatic rings. The van der Waals surface area contributed by atoms with E-state index in [0.717, 1.165) is 12.0 Å². The highest BCUT2D eigenvalue weighted by Crippen LogP contribution is 2.34. The number of phenolic OH excluding ortho intramolecular Hbond substituents is 1. The zero-order valence-electron chi connectivity index (χ0n) is 9.46. The molecule has 0 bridgehead atoms. The fraction of sp³-hybridized carbons (Fsp3) is 0.538. The van der Waals surface area contributed by atoms with E-state index in [0.29, 0.717) is 11.8 Å². The van der Waals surface area contributed by atoms with Crippen molar-refractivity contribution in [1.29, 1.82) is 0 Å². The van der Waals surface area contributed by atoms with E-state index in [-0.39, 0.29) is 5.54 Å². The molecular weight excluding hydrogens is 186 g/mol. The summed E-state index contributed by atoms with van der Waals surface area (Å²) in [6.45, 7) is 4.44.